The van der Waals surface area contributed by atoms with Gasteiger partial charge in [-0.3, -0.25) is 5.41 Å². The van der Waals surface area contributed by atoms with Crippen LogP contribution in [0.5, 0.6) is 0 Å². The van der Waals surface area contributed by atoms with Gasteiger partial charge in [-0.25, -0.2) is 0 Å². The largest absolute Gasteiger partial charge is 0.370 e. The van der Waals surface area contributed by atoms with Crippen LogP contribution in [0.25, 0.3) is 10.8 Å². The second kappa shape index (κ2) is 5.65. The third kappa shape index (κ3) is 3.31. The third-order valence-electron chi connectivity index (χ3n) is 1.77. The molecule has 0 aromatic carbocycles. The predicted molar refractivity (Wildman–Crippen MR) is 72.4 cm³/mol. The van der Waals surface area contributed by atoms with Crippen molar-refractivity contribution in [3.63, 3.8) is 0 Å². The van der Waals surface area contributed by atoms with Gasteiger partial charge in [-0.2, -0.15) is 9.98 Å². The van der Waals surface area contributed by atoms with Gasteiger partial charge in [0.15, 0.2) is 17.0 Å². The lowest BCUT2D eigenvalue weighted by atomic mass is 10.5. The van der Waals surface area contributed by atoms with Crippen molar-refractivity contribution < 1.29 is 4.52 Å². The number of nitrogens with two attached hydrogens (primary N) is 2. The Bertz CT molecular complexity index is 557. The van der Waals surface area contributed by atoms with E-state index in [4.69, 9.17) is 21.4 Å². The zero-order chi connectivity index (χ0) is 13.0. The van der Waals surface area contributed by atoms with Gasteiger partial charge in [0, 0.05) is 0 Å². The first-order valence-corrected chi connectivity index (χ1v) is 6.69. The fraction of sp³-hybridized carbons (Fsp3) is 0.111. The first kappa shape index (κ1) is 12.6. The van der Waals surface area contributed by atoms with E-state index < -0.39 is 0 Å². The molecule has 0 saturated heterocycles. The first-order valence-electron chi connectivity index (χ1n) is 4.82. The van der Waals surface area contributed by atoms with Gasteiger partial charge >= 0.3 is 0 Å². The maximum atomic E-state index is 7.45. The summed E-state index contributed by atoms with van der Waals surface area (Å²) in [5.74, 6) is 1.22. The summed E-state index contributed by atoms with van der Waals surface area (Å²) in [4.78, 5) is 8.71. The molecule has 94 valence electrons. The highest BCUT2D eigenvalue weighted by atomic mass is 32.2. The van der Waals surface area contributed by atoms with Crippen molar-refractivity contribution in [2.75, 3.05) is 0 Å². The second-order valence-corrected chi connectivity index (χ2v) is 5.04. The SMILES string of the molecule is N=C(N=C(N)N)SCc1noc(-c2cccs2)n1. The first-order chi connectivity index (χ1) is 8.65. The van der Waals surface area contributed by atoms with E-state index in [0.717, 1.165) is 16.6 Å². The van der Waals surface area contributed by atoms with Crippen LogP contribution in [0.1, 0.15) is 5.82 Å². The minimum absolute atomic E-state index is 0.0115. The summed E-state index contributed by atoms with van der Waals surface area (Å²) in [5.41, 5.74) is 10.3. The Hall–Kier alpha value is -1.87. The number of guanidine groups is 1. The molecule has 0 amide bonds. The van der Waals surface area contributed by atoms with Crippen molar-refractivity contribution in [3.8, 4) is 10.8 Å². The summed E-state index contributed by atoms with van der Waals surface area (Å²) >= 11 is 2.64. The normalized spacial score (nSPS) is 10.2. The minimum Gasteiger partial charge on any atom is -0.370 e. The number of rotatable bonds is 3. The summed E-state index contributed by atoms with van der Waals surface area (Å²) in [6, 6.07) is 3.81. The molecule has 0 fully saturated rings. The number of aliphatic imine (C=N–C) groups is 1. The molecule has 0 unspecified atom stereocenters. The molecule has 0 spiro atoms. The number of thioether (sulfide) groups is 1. The molecule has 2 aromatic heterocycles. The molecule has 0 atom stereocenters. The predicted octanol–water partition coefficient (Wildman–Crippen LogP) is 1.24. The van der Waals surface area contributed by atoms with Crippen LogP contribution in [0.15, 0.2) is 27.0 Å². The number of amidine groups is 1. The van der Waals surface area contributed by atoms with Crippen LogP contribution in [-0.2, 0) is 5.75 Å². The van der Waals surface area contributed by atoms with E-state index in [1.165, 1.54) is 11.3 Å². The van der Waals surface area contributed by atoms with Crippen molar-refractivity contribution >= 4 is 34.2 Å². The van der Waals surface area contributed by atoms with Crippen LogP contribution < -0.4 is 11.5 Å². The van der Waals surface area contributed by atoms with Crippen LogP contribution in [0.4, 0.5) is 0 Å². The highest BCUT2D eigenvalue weighted by Gasteiger charge is 2.10. The van der Waals surface area contributed by atoms with E-state index in [2.05, 4.69) is 15.1 Å². The number of hydrogen-bond donors (Lipinski definition) is 3. The van der Waals surface area contributed by atoms with Gasteiger partial charge in [-0.15, -0.1) is 11.3 Å². The summed E-state index contributed by atoms with van der Waals surface area (Å²) in [6.45, 7) is 0. The molecule has 0 aliphatic heterocycles. The highest BCUT2D eigenvalue weighted by molar-refractivity contribution is 8.13. The highest BCUT2D eigenvalue weighted by Crippen LogP contribution is 2.23. The van der Waals surface area contributed by atoms with E-state index >= 15 is 0 Å². The van der Waals surface area contributed by atoms with Crippen LogP contribution in [0.2, 0.25) is 0 Å². The van der Waals surface area contributed by atoms with Gasteiger partial charge in [0.05, 0.1) is 10.6 Å². The third-order valence-corrected chi connectivity index (χ3v) is 3.39. The Morgan fingerprint density at radius 1 is 1.56 bits per heavy atom. The zero-order valence-corrected chi connectivity index (χ0v) is 10.8. The van der Waals surface area contributed by atoms with E-state index in [-0.39, 0.29) is 11.1 Å². The number of nitrogens with one attached hydrogen (secondary N) is 1. The minimum atomic E-state index is -0.139. The van der Waals surface area contributed by atoms with Gasteiger partial charge in [-0.05, 0) is 11.4 Å². The Labute approximate surface area is 111 Å². The van der Waals surface area contributed by atoms with Gasteiger partial charge in [0.1, 0.15) is 0 Å². The molecule has 0 aliphatic rings. The lowest BCUT2D eigenvalue weighted by Crippen LogP contribution is -2.23. The molecule has 0 aliphatic carbocycles. The van der Waals surface area contributed by atoms with Crippen LogP contribution >= 0.6 is 23.1 Å². The summed E-state index contributed by atoms with van der Waals surface area (Å²) in [5, 5.41) is 13.2. The quantitative estimate of drug-likeness (QED) is 0.574. The van der Waals surface area contributed by atoms with E-state index in [9.17, 15) is 0 Å². The molecule has 0 bridgehead atoms. The smallest absolute Gasteiger partial charge is 0.268 e. The summed E-state index contributed by atoms with van der Waals surface area (Å²) in [6.07, 6.45) is 0. The standard InChI is InChI=1S/C9H10N6OS2/c10-8(11)14-9(12)18-4-6-13-7(16-15-6)5-2-1-3-17-5/h1-3H,4H2,(H5,10,11,12,14). The molecular formula is C9H10N6OS2. The Morgan fingerprint density at radius 3 is 3.06 bits per heavy atom. The molecule has 0 radical (unpaired) electrons. The van der Waals surface area contributed by atoms with Gasteiger partial charge in [-0.1, -0.05) is 23.0 Å². The van der Waals surface area contributed by atoms with E-state index in [1.807, 2.05) is 17.5 Å². The van der Waals surface area contributed by atoms with Crippen LogP contribution in [-0.4, -0.2) is 21.3 Å². The Kier molecular flexibility index (Phi) is 3.95. The lowest BCUT2D eigenvalue weighted by molar-refractivity contribution is 0.426. The van der Waals surface area contributed by atoms with Crippen LogP contribution in [0.3, 0.4) is 0 Å². The van der Waals surface area contributed by atoms with Crippen molar-refractivity contribution in [3.05, 3.63) is 23.3 Å². The van der Waals surface area contributed by atoms with Gasteiger partial charge in [0.25, 0.3) is 5.89 Å². The number of hydrogen-bond acceptors (Lipinski definition) is 6. The molecule has 7 nitrogen and oxygen atoms in total. The molecular weight excluding hydrogens is 272 g/mol. The number of nitrogens with zero attached hydrogens (tertiary/aromatic N) is 3. The summed E-state index contributed by atoms with van der Waals surface area (Å²) < 4.78 is 5.10. The van der Waals surface area contributed by atoms with Crippen LogP contribution in [0, 0.1) is 5.41 Å². The molecule has 5 N–H and O–H groups in total. The molecule has 18 heavy (non-hydrogen) atoms. The monoisotopic (exact) mass is 282 g/mol. The van der Waals surface area contributed by atoms with E-state index in [1.54, 1.807) is 0 Å². The van der Waals surface area contributed by atoms with Gasteiger partial charge in [0.2, 0.25) is 0 Å². The number of aromatic nitrogens is 2. The molecule has 9 heteroatoms. The zero-order valence-electron chi connectivity index (χ0n) is 9.16. The Morgan fingerprint density at radius 2 is 2.39 bits per heavy atom. The second-order valence-electron chi connectivity index (χ2n) is 3.12. The molecule has 2 heterocycles. The Balaban J connectivity index is 1.96. The fourth-order valence-electron chi connectivity index (χ4n) is 1.10. The fourth-order valence-corrected chi connectivity index (χ4v) is 2.29. The van der Waals surface area contributed by atoms with Crippen molar-refractivity contribution in [1.82, 2.24) is 10.1 Å². The molecule has 0 saturated carbocycles. The lowest BCUT2D eigenvalue weighted by Gasteiger charge is -1.94. The van der Waals surface area contributed by atoms with Crippen molar-refractivity contribution in [2.24, 2.45) is 16.5 Å². The van der Waals surface area contributed by atoms with Crippen molar-refractivity contribution in [1.29, 1.82) is 5.41 Å². The number of thiophene rings is 1. The average molecular weight is 282 g/mol. The molecule has 2 rings (SSSR count). The summed E-state index contributed by atoms with van der Waals surface area (Å²) in [7, 11) is 0. The van der Waals surface area contributed by atoms with Crippen molar-refractivity contribution in [2.45, 2.75) is 5.75 Å². The maximum absolute atomic E-state index is 7.45. The van der Waals surface area contributed by atoms with Gasteiger partial charge < -0.3 is 16.0 Å². The molecule has 2 aromatic rings. The maximum Gasteiger partial charge on any atom is 0.268 e. The average Bonchev–Trinajstić information content (AvgIpc) is 2.96. The van der Waals surface area contributed by atoms with E-state index in [0.29, 0.717) is 17.5 Å². The topological polar surface area (TPSA) is 127 Å².